The predicted octanol–water partition coefficient (Wildman–Crippen LogP) is 5.82. The summed E-state index contributed by atoms with van der Waals surface area (Å²) in [5.41, 5.74) is 2.73. The molecule has 0 amide bonds. The molecule has 6 heteroatoms. The van der Waals surface area contributed by atoms with Gasteiger partial charge in [0.25, 0.3) is 0 Å². The van der Waals surface area contributed by atoms with Crippen LogP contribution in [0.3, 0.4) is 0 Å². The minimum absolute atomic E-state index is 0.308. The van der Waals surface area contributed by atoms with Crippen molar-refractivity contribution < 1.29 is 23.0 Å². The summed E-state index contributed by atoms with van der Waals surface area (Å²) in [6.07, 6.45) is 6.23. The maximum atomic E-state index is 13.4. The van der Waals surface area contributed by atoms with Crippen molar-refractivity contribution in [3.63, 3.8) is 0 Å². The minimum atomic E-state index is -0.388. The summed E-state index contributed by atoms with van der Waals surface area (Å²) in [5.74, 6) is -0.502. The highest BCUT2D eigenvalue weighted by Crippen LogP contribution is 2.28. The Morgan fingerprint density at radius 2 is 1.72 bits per heavy atom. The second-order valence-electron chi connectivity index (χ2n) is 7.81. The first-order valence-electron chi connectivity index (χ1n) is 11.0. The second-order valence-corrected chi connectivity index (χ2v) is 7.81. The topological polar surface area (TPSA) is 47.9 Å². The van der Waals surface area contributed by atoms with E-state index in [1.807, 2.05) is 0 Å². The van der Waals surface area contributed by atoms with Gasteiger partial charge in [-0.25, -0.2) is 13.6 Å². The van der Waals surface area contributed by atoms with Crippen molar-refractivity contribution >= 4 is 11.7 Å². The van der Waals surface area contributed by atoms with E-state index in [0.29, 0.717) is 25.6 Å². The van der Waals surface area contributed by atoms with Crippen LogP contribution in [0, 0.1) is 17.6 Å². The fourth-order valence-corrected chi connectivity index (χ4v) is 3.79. The van der Waals surface area contributed by atoms with Crippen LogP contribution in [0.1, 0.15) is 49.8 Å². The van der Waals surface area contributed by atoms with Gasteiger partial charge in [0.2, 0.25) is 0 Å². The second kappa shape index (κ2) is 12.2. The molecule has 0 saturated carbocycles. The summed E-state index contributed by atoms with van der Waals surface area (Å²) in [4.78, 5) is 16.0. The van der Waals surface area contributed by atoms with Gasteiger partial charge in [-0.1, -0.05) is 30.3 Å². The molecule has 2 aromatic rings. The van der Waals surface area contributed by atoms with Crippen molar-refractivity contribution in [2.24, 2.45) is 10.9 Å². The van der Waals surface area contributed by atoms with Gasteiger partial charge in [-0.15, -0.1) is 0 Å². The SMILES string of the molecule is CCOC(=O)C=CCC1=NCCC(CCOC(c2ccc(F)cc2)c2ccc(F)cc2)C1. The molecule has 1 aliphatic heterocycles. The van der Waals surface area contributed by atoms with Gasteiger partial charge in [0, 0.05) is 31.4 Å². The number of aliphatic imine (C=N–C) groups is 1. The lowest BCUT2D eigenvalue weighted by Crippen LogP contribution is -2.18. The Morgan fingerprint density at radius 3 is 2.31 bits per heavy atom. The van der Waals surface area contributed by atoms with Crippen molar-refractivity contribution in [1.29, 1.82) is 0 Å². The highest BCUT2D eigenvalue weighted by atomic mass is 19.1. The lowest BCUT2D eigenvalue weighted by molar-refractivity contribution is -0.137. The third kappa shape index (κ3) is 7.38. The smallest absolute Gasteiger partial charge is 0.330 e. The fourth-order valence-electron chi connectivity index (χ4n) is 3.79. The Kier molecular flexibility index (Phi) is 9.11. The molecule has 170 valence electrons. The maximum absolute atomic E-state index is 13.4. The summed E-state index contributed by atoms with van der Waals surface area (Å²) in [7, 11) is 0. The number of halogens is 2. The van der Waals surface area contributed by atoms with Crippen LogP contribution >= 0.6 is 0 Å². The van der Waals surface area contributed by atoms with Crippen molar-refractivity contribution in [3.8, 4) is 0 Å². The Morgan fingerprint density at radius 1 is 1.09 bits per heavy atom. The summed E-state index contributed by atoms with van der Waals surface area (Å²) in [6.45, 7) is 3.44. The molecule has 32 heavy (non-hydrogen) atoms. The molecular weight excluding hydrogens is 412 g/mol. The third-order valence-electron chi connectivity index (χ3n) is 5.45. The molecule has 0 fully saturated rings. The summed E-state index contributed by atoms with van der Waals surface area (Å²) in [6, 6.07) is 12.4. The van der Waals surface area contributed by atoms with Crippen molar-refractivity contribution in [2.75, 3.05) is 19.8 Å². The lowest BCUT2D eigenvalue weighted by atomic mass is 9.91. The van der Waals surface area contributed by atoms with Crippen molar-refractivity contribution in [3.05, 3.63) is 83.4 Å². The standard InChI is InChI=1S/C26H29F2NO3/c1-2-31-25(30)5-3-4-24-18-19(14-16-29-24)15-17-32-26(20-6-10-22(27)11-7-20)21-8-12-23(28)13-9-21/h3,5-13,19,26H,2,4,14-18H2,1H3. The predicted molar refractivity (Wildman–Crippen MR) is 121 cm³/mol. The Labute approximate surface area is 188 Å². The summed E-state index contributed by atoms with van der Waals surface area (Å²) < 4.78 is 37.9. The fraction of sp³-hybridized carbons (Fsp3) is 0.385. The molecule has 0 aliphatic carbocycles. The normalized spacial score (nSPS) is 16.4. The third-order valence-corrected chi connectivity index (χ3v) is 5.45. The minimum Gasteiger partial charge on any atom is -0.463 e. The molecular formula is C26H29F2NO3. The van der Waals surface area contributed by atoms with Crippen LogP contribution in [0.4, 0.5) is 8.78 Å². The Hall–Kier alpha value is -2.86. The van der Waals surface area contributed by atoms with Crippen molar-refractivity contribution in [2.45, 2.75) is 38.7 Å². The van der Waals surface area contributed by atoms with Crippen LogP contribution in [0.5, 0.6) is 0 Å². The zero-order valence-electron chi connectivity index (χ0n) is 18.3. The Bertz CT molecular complexity index is 878. The highest BCUT2D eigenvalue weighted by molar-refractivity contribution is 5.88. The van der Waals surface area contributed by atoms with E-state index in [9.17, 15) is 13.6 Å². The van der Waals surface area contributed by atoms with Gasteiger partial charge in [0.15, 0.2) is 0 Å². The first-order chi connectivity index (χ1) is 15.5. The molecule has 3 rings (SSSR count). The first-order valence-corrected chi connectivity index (χ1v) is 11.0. The van der Waals surface area contributed by atoms with E-state index >= 15 is 0 Å². The van der Waals surface area contributed by atoms with E-state index in [0.717, 1.165) is 42.6 Å². The van der Waals surface area contributed by atoms with Crippen LogP contribution in [0.25, 0.3) is 0 Å². The van der Waals surface area contributed by atoms with E-state index in [4.69, 9.17) is 9.47 Å². The van der Waals surface area contributed by atoms with Gasteiger partial charge in [0.05, 0.1) is 6.61 Å². The number of carbonyl (C=O) groups is 1. The molecule has 1 aliphatic rings. The van der Waals surface area contributed by atoms with Gasteiger partial charge in [-0.05, 0) is 67.5 Å². The molecule has 0 N–H and O–H groups in total. The number of esters is 1. The first kappa shape index (κ1) is 23.8. The van der Waals surface area contributed by atoms with E-state index < -0.39 is 0 Å². The molecule has 0 bridgehead atoms. The monoisotopic (exact) mass is 441 g/mol. The molecule has 0 spiro atoms. The highest BCUT2D eigenvalue weighted by Gasteiger charge is 2.19. The number of allylic oxidation sites excluding steroid dienone is 1. The zero-order valence-corrected chi connectivity index (χ0v) is 18.3. The van der Waals surface area contributed by atoms with Gasteiger partial charge in [-0.2, -0.15) is 0 Å². The average molecular weight is 442 g/mol. The molecule has 0 radical (unpaired) electrons. The molecule has 1 heterocycles. The quantitative estimate of drug-likeness (QED) is 0.345. The summed E-state index contributed by atoms with van der Waals surface area (Å²) in [5, 5.41) is 0. The number of rotatable bonds is 10. The van der Waals surface area contributed by atoms with Crippen LogP contribution in [-0.2, 0) is 14.3 Å². The molecule has 1 unspecified atom stereocenters. The van der Waals surface area contributed by atoms with Gasteiger partial charge >= 0.3 is 5.97 Å². The van der Waals surface area contributed by atoms with Gasteiger partial charge < -0.3 is 9.47 Å². The van der Waals surface area contributed by atoms with Gasteiger partial charge in [-0.3, -0.25) is 4.99 Å². The molecule has 2 aromatic carbocycles. The number of ether oxygens (including phenoxy) is 2. The number of benzene rings is 2. The number of hydrogen-bond acceptors (Lipinski definition) is 4. The number of carbonyl (C=O) groups excluding carboxylic acids is 1. The van der Waals surface area contributed by atoms with E-state index in [1.54, 1.807) is 37.3 Å². The van der Waals surface area contributed by atoms with Crippen LogP contribution < -0.4 is 0 Å². The lowest BCUT2D eigenvalue weighted by Gasteiger charge is -2.24. The Balaban J connectivity index is 1.55. The largest absolute Gasteiger partial charge is 0.463 e. The maximum Gasteiger partial charge on any atom is 0.330 e. The van der Waals surface area contributed by atoms with Gasteiger partial charge in [0.1, 0.15) is 17.7 Å². The molecule has 0 aromatic heterocycles. The zero-order chi connectivity index (χ0) is 22.8. The number of hydrogen-bond donors (Lipinski definition) is 0. The summed E-state index contributed by atoms with van der Waals surface area (Å²) >= 11 is 0. The molecule has 0 saturated heterocycles. The molecule has 1 atom stereocenters. The van der Waals surface area contributed by atoms with Crippen LogP contribution in [-0.4, -0.2) is 31.4 Å². The van der Waals surface area contributed by atoms with Crippen LogP contribution in [0.15, 0.2) is 65.7 Å². The molecule has 4 nitrogen and oxygen atoms in total. The van der Waals surface area contributed by atoms with Crippen LogP contribution in [0.2, 0.25) is 0 Å². The van der Waals surface area contributed by atoms with E-state index in [2.05, 4.69) is 4.99 Å². The van der Waals surface area contributed by atoms with Crippen molar-refractivity contribution in [1.82, 2.24) is 0 Å². The number of nitrogens with zero attached hydrogens (tertiary/aromatic N) is 1. The van der Waals surface area contributed by atoms with E-state index in [1.165, 1.54) is 30.3 Å². The van der Waals surface area contributed by atoms with E-state index in [-0.39, 0.29) is 23.7 Å². The average Bonchev–Trinajstić information content (AvgIpc) is 2.79.